The van der Waals surface area contributed by atoms with Crippen molar-refractivity contribution in [2.45, 2.75) is 25.7 Å². The van der Waals surface area contributed by atoms with Gasteiger partial charge in [0.2, 0.25) is 0 Å². The molecule has 29 heavy (non-hydrogen) atoms. The third-order valence-corrected chi connectivity index (χ3v) is 5.28. The van der Waals surface area contributed by atoms with Crippen LogP contribution >= 0.6 is 0 Å². The SMILES string of the molecule is O=c1cc(-c2ccc(OCCCC3CCCNC3)cc2)cnn1-c1ccccn1. The van der Waals surface area contributed by atoms with Crippen LogP contribution in [0.3, 0.4) is 0 Å². The summed E-state index contributed by atoms with van der Waals surface area (Å²) in [4.78, 5) is 16.6. The molecule has 1 unspecified atom stereocenters. The Balaban J connectivity index is 1.34. The maximum Gasteiger partial charge on any atom is 0.273 e. The second-order valence-electron chi connectivity index (χ2n) is 7.41. The van der Waals surface area contributed by atoms with E-state index in [-0.39, 0.29) is 5.56 Å². The fraction of sp³-hybridized carbons (Fsp3) is 0.348. The van der Waals surface area contributed by atoms with Crippen LogP contribution < -0.4 is 15.6 Å². The van der Waals surface area contributed by atoms with E-state index in [0.29, 0.717) is 5.82 Å². The molecular weight excluding hydrogens is 364 g/mol. The minimum absolute atomic E-state index is 0.210. The van der Waals surface area contributed by atoms with Crippen LogP contribution in [0.4, 0.5) is 0 Å². The van der Waals surface area contributed by atoms with Gasteiger partial charge in [-0.05, 0) is 74.5 Å². The van der Waals surface area contributed by atoms with Gasteiger partial charge in [0.1, 0.15) is 5.75 Å². The molecule has 1 aromatic carbocycles. The summed E-state index contributed by atoms with van der Waals surface area (Å²) in [6, 6.07) is 14.8. The van der Waals surface area contributed by atoms with Gasteiger partial charge in [-0.3, -0.25) is 4.79 Å². The number of nitrogens with zero attached hydrogens (tertiary/aromatic N) is 3. The first-order valence-electron chi connectivity index (χ1n) is 10.2. The molecule has 150 valence electrons. The van der Waals surface area contributed by atoms with Gasteiger partial charge in [0.25, 0.3) is 5.56 Å². The minimum Gasteiger partial charge on any atom is -0.494 e. The van der Waals surface area contributed by atoms with Gasteiger partial charge in [-0.15, -0.1) is 0 Å². The molecule has 1 N–H and O–H groups in total. The van der Waals surface area contributed by atoms with Crippen LogP contribution in [-0.2, 0) is 0 Å². The van der Waals surface area contributed by atoms with Gasteiger partial charge in [-0.25, -0.2) is 4.98 Å². The van der Waals surface area contributed by atoms with E-state index in [1.165, 1.54) is 23.9 Å². The zero-order valence-corrected chi connectivity index (χ0v) is 16.5. The molecule has 1 atom stereocenters. The highest BCUT2D eigenvalue weighted by molar-refractivity contribution is 5.62. The predicted molar refractivity (Wildman–Crippen MR) is 113 cm³/mol. The fourth-order valence-corrected chi connectivity index (χ4v) is 3.69. The molecule has 1 saturated heterocycles. The molecule has 4 rings (SSSR count). The van der Waals surface area contributed by atoms with Crippen molar-refractivity contribution < 1.29 is 4.74 Å². The maximum absolute atomic E-state index is 12.4. The highest BCUT2D eigenvalue weighted by Crippen LogP contribution is 2.22. The van der Waals surface area contributed by atoms with Gasteiger partial charge in [-0.1, -0.05) is 18.2 Å². The van der Waals surface area contributed by atoms with Crippen molar-refractivity contribution in [3.63, 3.8) is 0 Å². The Morgan fingerprint density at radius 1 is 1.14 bits per heavy atom. The van der Waals surface area contributed by atoms with Gasteiger partial charge in [-0.2, -0.15) is 9.78 Å². The average molecular weight is 390 g/mol. The Labute approximate surface area is 170 Å². The quantitative estimate of drug-likeness (QED) is 0.626. The molecule has 0 aliphatic carbocycles. The summed E-state index contributed by atoms with van der Waals surface area (Å²) in [5, 5.41) is 7.72. The first kappa shape index (κ1) is 19.3. The lowest BCUT2D eigenvalue weighted by Crippen LogP contribution is -2.29. The number of rotatable bonds is 7. The van der Waals surface area contributed by atoms with E-state index in [4.69, 9.17) is 4.74 Å². The summed E-state index contributed by atoms with van der Waals surface area (Å²) in [5.74, 6) is 2.15. The van der Waals surface area contributed by atoms with E-state index in [1.807, 2.05) is 30.3 Å². The van der Waals surface area contributed by atoms with Crippen LogP contribution in [-0.4, -0.2) is 34.5 Å². The lowest BCUT2D eigenvalue weighted by molar-refractivity contribution is 0.275. The smallest absolute Gasteiger partial charge is 0.273 e. The average Bonchev–Trinajstić information content (AvgIpc) is 2.78. The van der Waals surface area contributed by atoms with Crippen molar-refractivity contribution in [2.24, 2.45) is 5.92 Å². The lowest BCUT2D eigenvalue weighted by atomic mass is 9.95. The minimum atomic E-state index is -0.210. The third kappa shape index (κ3) is 5.09. The molecule has 0 spiro atoms. The Kier molecular flexibility index (Phi) is 6.32. The van der Waals surface area contributed by atoms with E-state index >= 15 is 0 Å². The molecule has 1 fully saturated rings. The van der Waals surface area contributed by atoms with E-state index in [0.717, 1.165) is 48.9 Å². The monoisotopic (exact) mass is 390 g/mol. The molecule has 3 aromatic rings. The highest BCUT2D eigenvalue weighted by atomic mass is 16.5. The third-order valence-electron chi connectivity index (χ3n) is 5.28. The molecule has 2 aromatic heterocycles. The maximum atomic E-state index is 12.4. The van der Waals surface area contributed by atoms with Crippen molar-refractivity contribution in [3.05, 3.63) is 71.3 Å². The zero-order valence-electron chi connectivity index (χ0n) is 16.5. The first-order valence-corrected chi connectivity index (χ1v) is 10.2. The van der Waals surface area contributed by atoms with E-state index < -0.39 is 0 Å². The Hall–Kier alpha value is -2.99. The number of ether oxygens (including phenoxy) is 1. The first-order chi connectivity index (χ1) is 14.3. The second kappa shape index (κ2) is 9.47. The van der Waals surface area contributed by atoms with Crippen molar-refractivity contribution in [1.29, 1.82) is 0 Å². The van der Waals surface area contributed by atoms with Crippen molar-refractivity contribution >= 4 is 0 Å². The van der Waals surface area contributed by atoms with Crippen LogP contribution in [0.5, 0.6) is 5.75 Å². The predicted octanol–water partition coefficient (Wildman–Crippen LogP) is 3.45. The van der Waals surface area contributed by atoms with Crippen LogP contribution in [0.15, 0.2) is 65.7 Å². The number of pyridine rings is 1. The number of aromatic nitrogens is 3. The molecule has 1 aliphatic heterocycles. The van der Waals surface area contributed by atoms with Gasteiger partial charge in [0.15, 0.2) is 5.82 Å². The molecule has 1 aliphatic rings. The number of hydrogen-bond acceptors (Lipinski definition) is 5. The fourth-order valence-electron chi connectivity index (χ4n) is 3.69. The topological polar surface area (TPSA) is 69.0 Å². The van der Waals surface area contributed by atoms with Crippen LogP contribution in [0, 0.1) is 5.92 Å². The summed E-state index contributed by atoms with van der Waals surface area (Å²) < 4.78 is 7.17. The molecule has 6 nitrogen and oxygen atoms in total. The number of benzene rings is 1. The zero-order chi connectivity index (χ0) is 19.9. The van der Waals surface area contributed by atoms with E-state index in [2.05, 4.69) is 15.4 Å². The normalized spacial score (nSPS) is 16.5. The molecule has 0 bridgehead atoms. The van der Waals surface area contributed by atoms with Crippen molar-refractivity contribution in [2.75, 3.05) is 19.7 Å². The van der Waals surface area contributed by atoms with Crippen molar-refractivity contribution in [3.8, 4) is 22.7 Å². The standard InChI is InChI=1S/C23H26N4O2/c28-23-15-20(17-26-27(23)22-7-1-2-13-25-22)19-8-10-21(11-9-19)29-14-4-6-18-5-3-12-24-16-18/h1-2,7-11,13,15,17-18,24H,3-6,12,14,16H2. The summed E-state index contributed by atoms with van der Waals surface area (Å²) in [6.07, 6.45) is 8.22. The van der Waals surface area contributed by atoms with Crippen molar-refractivity contribution in [1.82, 2.24) is 20.1 Å². The Morgan fingerprint density at radius 3 is 2.76 bits per heavy atom. The van der Waals surface area contributed by atoms with Crippen LogP contribution in [0.1, 0.15) is 25.7 Å². The number of piperidine rings is 1. The molecule has 0 amide bonds. The molecule has 3 heterocycles. The number of nitrogens with one attached hydrogen (secondary N) is 1. The summed E-state index contributed by atoms with van der Waals surface area (Å²) >= 11 is 0. The van der Waals surface area contributed by atoms with Gasteiger partial charge in [0.05, 0.1) is 12.8 Å². The molecule has 6 heteroatoms. The largest absolute Gasteiger partial charge is 0.494 e. The Bertz CT molecular complexity index is 964. The number of hydrogen-bond donors (Lipinski definition) is 1. The summed E-state index contributed by atoms with van der Waals surface area (Å²) in [7, 11) is 0. The van der Waals surface area contributed by atoms with Gasteiger partial charge < -0.3 is 10.1 Å². The van der Waals surface area contributed by atoms with E-state index in [9.17, 15) is 4.79 Å². The van der Waals surface area contributed by atoms with Crippen LogP contribution in [0.2, 0.25) is 0 Å². The van der Waals surface area contributed by atoms with Gasteiger partial charge >= 0.3 is 0 Å². The highest BCUT2D eigenvalue weighted by Gasteiger charge is 2.12. The summed E-state index contributed by atoms with van der Waals surface area (Å²) in [6.45, 7) is 3.03. The molecular formula is C23H26N4O2. The van der Waals surface area contributed by atoms with Gasteiger partial charge in [0, 0.05) is 17.8 Å². The summed E-state index contributed by atoms with van der Waals surface area (Å²) in [5.41, 5.74) is 1.50. The molecule has 0 radical (unpaired) electrons. The second-order valence-corrected chi connectivity index (χ2v) is 7.41. The Morgan fingerprint density at radius 2 is 2.03 bits per heavy atom. The van der Waals surface area contributed by atoms with E-state index in [1.54, 1.807) is 30.6 Å². The lowest BCUT2D eigenvalue weighted by Gasteiger charge is -2.22. The van der Waals surface area contributed by atoms with Crippen LogP contribution in [0.25, 0.3) is 16.9 Å². The molecule has 0 saturated carbocycles.